The molecule has 119 valence electrons. The van der Waals surface area contributed by atoms with Crippen molar-refractivity contribution in [2.24, 2.45) is 34.4 Å². The van der Waals surface area contributed by atoms with Crippen LogP contribution >= 0.6 is 12.4 Å². The van der Waals surface area contributed by atoms with Gasteiger partial charge in [-0.2, -0.15) is 0 Å². The minimum atomic E-state index is 0. The fraction of sp³-hybridized carbons (Fsp3) is 1.00. The summed E-state index contributed by atoms with van der Waals surface area (Å²) in [6.45, 7) is 3.58. The van der Waals surface area contributed by atoms with E-state index in [1.54, 1.807) is 0 Å². The Kier molecular flexibility index (Phi) is 294. The van der Waals surface area contributed by atoms with Gasteiger partial charge in [0.25, 0.3) is 0 Å². The van der Waals surface area contributed by atoms with E-state index in [1.807, 2.05) is 0 Å². The van der Waals surface area contributed by atoms with Gasteiger partial charge >= 0.3 is 0 Å². The molecule has 0 aromatic rings. The van der Waals surface area contributed by atoms with Gasteiger partial charge < -0.3 is 50.8 Å². The number of halogens is 1. The molecular formula is C6H31ClCoN6O3. The largest absolute Gasteiger partial charge is 0.412 e. The van der Waals surface area contributed by atoms with Crippen molar-refractivity contribution < 1.29 is 33.2 Å². The van der Waals surface area contributed by atoms with E-state index in [0.29, 0.717) is 39.3 Å². The molecule has 0 saturated carbocycles. The summed E-state index contributed by atoms with van der Waals surface area (Å²) >= 11 is 0. The van der Waals surface area contributed by atoms with Crippen molar-refractivity contribution >= 4 is 12.4 Å². The minimum Gasteiger partial charge on any atom is -0.412 e. The molecule has 0 amide bonds. The van der Waals surface area contributed by atoms with Crippen LogP contribution in [0.2, 0.25) is 0 Å². The van der Waals surface area contributed by atoms with Gasteiger partial charge in [0.15, 0.2) is 0 Å². The summed E-state index contributed by atoms with van der Waals surface area (Å²) in [5.74, 6) is 0. The molecule has 9 nitrogen and oxygen atoms in total. The van der Waals surface area contributed by atoms with Gasteiger partial charge in [0, 0.05) is 56.0 Å². The van der Waals surface area contributed by atoms with Crippen LogP contribution in [0.4, 0.5) is 0 Å². The minimum absolute atomic E-state index is 0. The van der Waals surface area contributed by atoms with E-state index in [-0.39, 0.29) is 45.6 Å². The SMILES string of the molecule is Cl.NCCN.NCCN.NCCN.O.O.O.[Co]. The van der Waals surface area contributed by atoms with Crippen molar-refractivity contribution in [3.8, 4) is 0 Å². The fourth-order valence-electron chi connectivity index (χ4n) is 0. The van der Waals surface area contributed by atoms with Crippen LogP contribution in [0.15, 0.2) is 0 Å². The second kappa shape index (κ2) is 94.5. The van der Waals surface area contributed by atoms with Crippen molar-refractivity contribution in [3.05, 3.63) is 0 Å². The number of hydrogen-bond donors (Lipinski definition) is 6. The first kappa shape index (κ1) is 52.9. The van der Waals surface area contributed by atoms with E-state index >= 15 is 0 Å². The first-order valence-electron chi connectivity index (χ1n) is 3.95. The summed E-state index contributed by atoms with van der Waals surface area (Å²) in [6.07, 6.45) is 0. The van der Waals surface area contributed by atoms with Crippen LogP contribution in [-0.4, -0.2) is 55.7 Å². The van der Waals surface area contributed by atoms with Crippen LogP contribution < -0.4 is 34.4 Å². The van der Waals surface area contributed by atoms with E-state index in [2.05, 4.69) is 0 Å². The average molecular weight is 330 g/mol. The maximum Gasteiger partial charge on any atom is 0.00461 e. The van der Waals surface area contributed by atoms with Crippen LogP contribution in [0.3, 0.4) is 0 Å². The van der Waals surface area contributed by atoms with Gasteiger partial charge in [-0.15, -0.1) is 12.4 Å². The Morgan fingerprint density at radius 2 is 0.471 bits per heavy atom. The Hall–Kier alpha value is 0.436. The van der Waals surface area contributed by atoms with E-state index < -0.39 is 0 Å². The van der Waals surface area contributed by atoms with E-state index in [1.165, 1.54) is 0 Å². The summed E-state index contributed by atoms with van der Waals surface area (Å²) in [7, 11) is 0. The van der Waals surface area contributed by atoms with Gasteiger partial charge in [-0.25, -0.2) is 0 Å². The third kappa shape index (κ3) is 290. The van der Waals surface area contributed by atoms with Gasteiger partial charge in [-0.05, 0) is 0 Å². The Balaban J connectivity index is -0.0000000104. The zero-order valence-corrected chi connectivity index (χ0v) is 11.8. The maximum atomic E-state index is 4.90. The zero-order valence-electron chi connectivity index (χ0n) is 9.95. The molecule has 0 aliphatic heterocycles. The monoisotopic (exact) mass is 329 g/mol. The molecular weight excluding hydrogens is 298 g/mol. The molecule has 18 N–H and O–H groups in total. The molecule has 0 aromatic heterocycles. The Labute approximate surface area is 120 Å². The summed E-state index contributed by atoms with van der Waals surface area (Å²) in [4.78, 5) is 0. The first-order valence-corrected chi connectivity index (χ1v) is 3.95. The predicted octanol–water partition coefficient (Wildman–Crippen LogP) is -5.34. The van der Waals surface area contributed by atoms with Crippen molar-refractivity contribution in [2.75, 3.05) is 39.3 Å². The van der Waals surface area contributed by atoms with Crippen molar-refractivity contribution in [1.82, 2.24) is 0 Å². The fourth-order valence-corrected chi connectivity index (χ4v) is 0. The van der Waals surface area contributed by atoms with Crippen LogP contribution in [0.5, 0.6) is 0 Å². The van der Waals surface area contributed by atoms with Gasteiger partial charge in [0.2, 0.25) is 0 Å². The van der Waals surface area contributed by atoms with E-state index in [0.717, 1.165) is 0 Å². The van der Waals surface area contributed by atoms with Crippen molar-refractivity contribution in [2.45, 2.75) is 0 Å². The summed E-state index contributed by atoms with van der Waals surface area (Å²) < 4.78 is 0. The normalized spacial score (nSPS) is 5.29. The van der Waals surface area contributed by atoms with Crippen LogP contribution in [0.25, 0.3) is 0 Å². The molecule has 0 fully saturated rings. The van der Waals surface area contributed by atoms with Crippen molar-refractivity contribution in [3.63, 3.8) is 0 Å². The second-order valence-electron chi connectivity index (χ2n) is 1.73. The summed E-state index contributed by atoms with van der Waals surface area (Å²) in [5.41, 5.74) is 29.4. The van der Waals surface area contributed by atoms with Gasteiger partial charge in [0.05, 0.1) is 0 Å². The molecule has 0 aromatic carbocycles. The molecule has 0 aliphatic rings. The van der Waals surface area contributed by atoms with Crippen LogP contribution in [0.1, 0.15) is 0 Å². The van der Waals surface area contributed by atoms with E-state index in [4.69, 9.17) is 34.4 Å². The topological polar surface area (TPSA) is 251 Å². The predicted molar refractivity (Wildman–Crippen MR) is 72.4 cm³/mol. The van der Waals surface area contributed by atoms with Crippen LogP contribution in [-0.2, 0) is 16.8 Å². The molecule has 0 heterocycles. The smallest absolute Gasteiger partial charge is 0.00461 e. The molecule has 0 saturated heterocycles. The quantitative estimate of drug-likeness (QED) is 0.294. The molecule has 0 unspecified atom stereocenters. The zero-order chi connectivity index (χ0) is 10.2. The summed E-state index contributed by atoms with van der Waals surface area (Å²) in [5, 5.41) is 0. The molecule has 0 aliphatic carbocycles. The molecule has 0 bridgehead atoms. The van der Waals surface area contributed by atoms with Crippen molar-refractivity contribution in [1.29, 1.82) is 0 Å². The van der Waals surface area contributed by atoms with E-state index in [9.17, 15) is 0 Å². The summed E-state index contributed by atoms with van der Waals surface area (Å²) in [6, 6.07) is 0. The van der Waals surface area contributed by atoms with Gasteiger partial charge in [-0.1, -0.05) is 0 Å². The Morgan fingerprint density at radius 1 is 0.412 bits per heavy atom. The molecule has 0 rings (SSSR count). The number of rotatable bonds is 3. The Morgan fingerprint density at radius 3 is 0.471 bits per heavy atom. The van der Waals surface area contributed by atoms with Gasteiger partial charge in [-0.3, -0.25) is 0 Å². The number of hydrogen-bond acceptors (Lipinski definition) is 6. The molecule has 17 heavy (non-hydrogen) atoms. The average Bonchev–Trinajstić information content (AvgIpc) is 2.18. The van der Waals surface area contributed by atoms with Gasteiger partial charge in [0.1, 0.15) is 0 Å². The molecule has 0 atom stereocenters. The Bertz CT molecular complexity index is 49.2. The molecule has 0 spiro atoms. The number of nitrogens with two attached hydrogens (primary N) is 6. The molecule has 11 heteroatoms. The molecule has 1 radical (unpaired) electrons. The third-order valence-electron chi connectivity index (χ3n) is 0.500. The third-order valence-corrected chi connectivity index (χ3v) is 0.500. The van der Waals surface area contributed by atoms with Crippen LogP contribution in [0, 0.1) is 0 Å². The maximum absolute atomic E-state index is 4.90. The second-order valence-corrected chi connectivity index (χ2v) is 1.73. The standard InChI is InChI=1S/3C2H8N2.ClH.Co.3H2O/c3*3-1-2-4;;;;;/h3*1-4H2;1H;;3*1H2. The first-order chi connectivity index (χ1) is 5.74.